The number of halogens is 4. The number of amides is 1. The van der Waals surface area contributed by atoms with Gasteiger partial charge >= 0.3 is 6.18 Å². The molecule has 0 aliphatic carbocycles. The fraction of sp³-hybridized carbons (Fsp3) is 0.310. The molecule has 2 aromatic carbocycles. The van der Waals surface area contributed by atoms with Gasteiger partial charge in [0.05, 0.1) is 16.9 Å². The van der Waals surface area contributed by atoms with Crippen LogP contribution in [0.4, 0.5) is 28.9 Å². The summed E-state index contributed by atoms with van der Waals surface area (Å²) >= 11 is 0. The van der Waals surface area contributed by atoms with E-state index >= 15 is 4.39 Å². The standard InChI is InChI=1S/C29H29F4N5O/c1-19-10-13-38-26(16-19)35-20(2)27(38)28(39)34-18-21-4-9-25(24(30)17-21)37-12-3-11-36(14-15-37)23-7-5-22(6-8-23)29(31,32)33/h4-10,13,16-17H,3,11-12,14-15,18H2,1-2H3,(H,34,39). The molecule has 5 rings (SSSR count). The first-order valence-corrected chi connectivity index (χ1v) is 12.8. The van der Waals surface area contributed by atoms with Crippen LogP contribution in [0, 0.1) is 19.7 Å². The van der Waals surface area contributed by atoms with Crippen molar-refractivity contribution >= 4 is 22.9 Å². The highest BCUT2D eigenvalue weighted by Crippen LogP contribution is 2.31. The number of anilines is 2. The molecule has 6 nitrogen and oxygen atoms in total. The van der Waals surface area contributed by atoms with Crippen LogP contribution in [0.3, 0.4) is 0 Å². The molecular weight excluding hydrogens is 510 g/mol. The van der Waals surface area contributed by atoms with Crippen LogP contribution < -0.4 is 15.1 Å². The van der Waals surface area contributed by atoms with E-state index in [2.05, 4.69) is 10.3 Å². The van der Waals surface area contributed by atoms with Crippen LogP contribution >= 0.6 is 0 Å². The zero-order chi connectivity index (χ0) is 27.7. The maximum Gasteiger partial charge on any atom is 0.416 e. The normalized spacial score (nSPS) is 14.5. The molecule has 204 valence electrons. The molecule has 4 aromatic rings. The average molecular weight is 540 g/mol. The van der Waals surface area contributed by atoms with Crippen LogP contribution in [0.1, 0.15) is 39.3 Å². The van der Waals surface area contributed by atoms with Crippen LogP contribution in [0.15, 0.2) is 60.8 Å². The van der Waals surface area contributed by atoms with E-state index in [0.717, 1.165) is 24.1 Å². The SMILES string of the molecule is Cc1ccn2c(C(=O)NCc3ccc(N4CCCN(c5ccc(C(F)(F)F)cc5)CC4)c(F)c3)c(C)nc2c1. The van der Waals surface area contributed by atoms with E-state index in [-0.39, 0.29) is 18.3 Å². The Balaban J connectivity index is 1.22. The highest BCUT2D eigenvalue weighted by atomic mass is 19.4. The molecule has 2 aromatic heterocycles. The minimum atomic E-state index is -4.37. The number of hydrogen-bond donors (Lipinski definition) is 1. The van der Waals surface area contributed by atoms with Gasteiger partial charge in [0.1, 0.15) is 17.2 Å². The molecule has 1 N–H and O–H groups in total. The lowest BCUT2D eigenvalue weighted by Crippen LogP contribution is -2.31. The molecular formula is C29H29F4N5O. The quantitative estimate of drug-likeness (QED) is 0.328. The molecule has 1 aliphatic heterocycles. The molecule has 39 heavy (non-hydrogen) atoms. The molecule has 3 heterocycles. The minimum Gasteiger partial charge on any atom is -0.370 e. The van der Waals surface area contributed by atoms with Gasteiger partial charge in [-0.25, -0.2) is 9.37 Å². The van der Waals surface area contributed by atoms with Crippen molar-refractivity contribution in [1.29, 1.82) is 0 Å². The van der Waals surface area contributed by atoms with Crippen molar-refractivity contribution in [1.82, 2.24) is 14.7 Å². The number of rotatable bonds is 5. The minimum absolute atomic E-state index is 0.163. The van der Waals surface area contributed by atoms with Gasteiger partial charge < -0.3 is 15.1 Å². The van der Waals surface area contributed by atoms with Gasteiger partial charge in [0, 0.05) is 44.6 Å². The number of nitrogens with one attached hydrogen (secondary N) is 1. The molecule has 1 saturated heterocycles. The van der Waals surface area contributed by atoms with Crippen molar-refractivity contribution in [2.24, 2.45) is 0 Å². The molecule has 0 bridgehead atoms. The van der Waals surface area contributed by atoms with Crippen molar-refractivity contribution in [2.45, 2.75) is 33.0 Å². The maximum absolute atomic E-state index is 15.2. The summed E-state index contributed by atoms with van der Waals surface area (Å²) in [6, 6.07) is 13.9. The number of carbonyl (C=O) groups excluding carboxylic acids is 1. The zero-order valence-corrected chi connectivity index (χ0v) is 21.7. The van der Waals surface area contributed by atoms with Crippen molar-refractivity contribution in [3.8, 4) is 0 Å². The van der Waals surface area contributed by atoms with Gasteiger partial charge in [-0.2, -0.15) is 13.2 Å². The van der Waals surface area contributed by atoms with E-state index in [1.165, 1.54) is 18.2 Å². The van der Waals surface area contributed by atoms with E-state index in [1.807, 2.05) is 35.1 Å². The van der Waals surface area contributed by atoms with E-state index in [4.69, 9.17) is 0 Å². The van der Waals surface area contributed by atoms with Gasteiger partial charge in [-0.15, -0.1) is 0 Å². The Bertz CT molecular complexity index is 1500. The summed E-state index contributed by atoms with van der Waals surface area (Å²) in [5.41, 5.74) is 3.95. The Labute approximate surface area is 223 Å². The third-order valence-corrected chi connectivity index (χ3v) is 7.03. The van der Waals surface area contributed by atoms with Gasteiger partial charge in [-0.05, 0) is 79.9 Å². The molecule has 1 aliphatic rings. The lowest BCUT2D eigenvalue weighted by Gasteiger charge is -2.25. The summed E-state index contributed by atoms with van der Waals surface area (Å²) in [6.07, 6.45) is -1.82. The van der Waals surface area contributed by atoms with Crippen LogP contribution in [0.25, 0.3) is 5.65 Å². The maximum atomic E-state index is 15.2. The largest absolute Gasteiger partial charge is 0.416 e. The zero-order valence-electron chi connectivity index (χ0n) is 21.7. The fourth-order valence-electron chi connectivity index (χ4n) is 5.00. The van der Waals surface area contributed by atoms with Gasteiger partial charge in [0.2, 0.25) is 0 Å². The van der Waals surface area contributed by atoms with Crippen LogP contribution in [-0.4, -0.2) is 41.5 Å². The highest BCUT2D eigenvalue weighted by Gasteiger charge is 2.30. The van der Waals surface area contributed by atoms with E-state index < -0.39 is 11.7 Å². The van der Waals surface area contributed by atoms with Crippen molar-refractivity contribution < 1.29 is 22.4 Å². The predicted molar refractivity (Wildman–Crippen MR) is 143 cm³/mol. The third kappa shape index (κ3) is 5.69. The number of carbonyl (C=O) groups is 1. The number of aryl methyl sites for hydroxylation is 2. The second-order valence-electron chi connectivity index (χ2n) is 9.82. The molecule has 0 spiro atoms. The summed E-state index contributed by atoms with van der Waals surface area (Å²) in [5.74, 6) is -0.671. The van der Waals surface area contributed by atoms with E-state index in [9.17, 15) is 18.0 Å². The first-order valence-electron chi connectivity index (χ1n) is 12.8. The number of nitrogens with zero attached hydrogens (tertiary/aromatic N) is 4. The summed E-state index contributed by atoms with van der Waals surface area (Å²) < 4.78 is 55.6. The Kier molecular flexibility index (Phi) is 7.20. The predicted octanol–water partition coefficient (Wildman–Crippen LogP) is 5.76. The molecule has 10 heteroatoms. The Morgan fingerprint density at radius 1 is 0.949 bits per heavy atom. The molecule has 0 saturated carbocycles. The lowest BCUT2D eigenvalue weighted by atomic mass is 10.1. The Morgan fingerprint density at radius 2 is 1.67 bits per heavy atom. The first kappa shape index (κ1) is 26.5. The number of pyridine rings is 1. The molecule has 1 fully saturated rings. The average Bonchev–Trinajstić information content (AvgIpc) is 3.05. The van der Waals surface area contributed by atoms with Crippen molar-refractivity contribution in [3.05, 3.63) is 94.7 Å². The van der Waals surface area contributed by atoms with Crippen molar-refractivity contribution in [2.75, 3.05) is 36.0 Å². The number of alkyl halides is 3. The van der Waals surface area contributed by atoms with E-state index in [0.29, 0.717) is 60.2 Å². The van der Waals surface area contributed by atoms with Gasteiger partial charge in [0.25, 0.3) is 5.91 Å². The molecule has 0 unspecified atom stereocenters. The Hall–Kier alpha value is -4.08. The number of imidazole rings is 1. The lowest BCUT2D eigenvalue weighted by molar-refractivity contribution is -0.137. The topological polar surface area (TPSA) is 52.9 Å². The highest BCUT2D eigenvalue weighted by molar-refractivity contribution is 5.94. The monoisotopic (exact) mass is 539 g/mol. The van der Waals surface area contributed by atoms with Gasteiger partial charge in [-0.3, -0.25) is 9.20 Å². The van der Waals surface area contributed by atoms with Crippen molar-refractivity contribution in [3.63, 3.8) is 0 Å². The number of benzene rings is 2. The summed E-state index contributed by atoms with van der Waals surface area (Å²) in [6.45, 7) is 6.28. The number of aromatic nitrogens is 2. The van der Waals surface area contributed by atoms with Crippen LogP contribution in [-0.2, 0) is 12.7 Å². The fourth-order valence-corrected chi connectivity index (χ4v) is 5.00. The summed E-state index contributed by atoms with van der Waals surface area (Å²) in [4.78, 5) is 21.3. The molecule has 1 amide bonds. The van der Waals surface area contributed by atoms with Crippen LogP contribution in [0.5, 0.6) is 0 Å². The molecule has 0 atom stereocenters. The second kappa shape index (κ2) is 10.6. The van der Waals surface area contributed by atoms with Crippen LogP contribution in [0.2, 0.25) is 0 Å². The number of fused-ring (bicyclic) bond motifs is 1. The smallest absolute Gasteiger partial charge is 0.370 e. The van der Waals surface area contributed by atoms with E-state index in [1.54, 1.807) is 23.5 Å². The Morgan fingerprint density at radius 3 is 2.38 bits per heavy atom. The van der Waals surface area contributed by atoms with Gasteiger partial charge in [-0.1, -0.05) is 6.07 Å². The summed E-state index contributed by atoms with van der Waals surface area (Å²) in [5, 5.41) is 2.87. The first-order chi connectivity index (χ1) is 18.6. The molecule has 0 radical (unpaired) electrons. The second-order valence-corrected chi connectivity index (χ2v) is 9.82. The third-order valence-electron chi connectivity index (χ3n) is 7.03. The van der Waals surface area contributed by atoms with Gasteiger partial charge in [0.15, 0.2) is 0 Å². The number of hydrogen-bond acceptors (Lipinski definition) is 4. The summed E-state index contributed by atoms with van der Waals surface area (Å²) in [7, 11) is 0.